The Morgan fingerprint density at radius 3 is 2.33 bits per heavy atom. The summed E-state index contributed by atoms with van der Waals surface area (Å²) in [5, 5.41) is 2.37. The lowest BCUT2D eigenvalue weighted by Crippen LogP contribution is -2.35. The number of ether oxygens (including phenoxy) is 2. The van der Waals surface area contributed by atoms with Crippen molar-refractivity contribution in [1.82, 2.24) is 5.32 Å². The van der Waals surface area contributed by atoms with Crippen LogP contribution in [0.15, 0.2) is 0 Å². The van der Waals surface area contributed by atoms with Crippen molar-refractivity contribution in [2.24, 2.45) is 0 Å². The topological polar surface area (TPSA) is 64.6 Å². The minimum absolute atomic E-state index is 0.0123. The van der Waals surface area contributed by atoms with Crippen LogP contribution in [0.1, 0.15) is 20.8 Å². The molecule has 1 amide bonds. The predicted molar refractivity (Wildman–Crippen MR) is 55.8 cm³/mol. The number of hydrogen-bond acceptors (Lipinski definition) is 4. The molecule has 0 saturated carbocycles. The zero-order chi connectivity index (χ0) is 12.1. The molecule has 1 atom stereocenters. The van der Waals surface area contributed by atoms with Crippen molar-refractivity contribution in [3.8, 4) is 0 Å². The maximum Gasteiger partial charge on any atom is 0.407 e. The zero-order valence-electron chi connectivity index (χ0n) is 9.49. The second-order valence-corrected chi connectivity index (χ2v) is 4.01. The Kier molecular flexibility index (Phi) is 5.18. The predicted octanol–water partition coefficient (Wildman–Crippen LogP) is 0.641. The molecule has 0 aliphatic heterocycles. The van der Waals surface area contributed by atoms with Crippen molar-refractivity contribution in [3.63, 3.8) is 0 Å². The Hall–Kier alpha value is -1.20. The summed E-state index contributed by atoms with van der Waals surface area (Å²) in [5.74, 6) is -1.45. The molecular formula is C9H16BNO4. The second-order valence-electron chi connectivity index (χ2n) is 4.01. The average Bonchev–Trinajstić information content (AvgIpc) is 2.10. The van der Waals surface area contributed by atoms with Gasteiger partial charge in [0.1, 0.15) is 5.60 Å². The monoisotopic (exact) mass is 213 g/mol. The minimum atomic E-state index is -0.873. The summed E-state index contributed by atoms with van der Waals surface area (Å²) >= 11 is 0. The highest BCUT2D eigenvalue weighted by molar-refractivity contribution is 6.22. The first kappa shape index (κ1) is 13.8. The highest BCUT2D eigenvalue weighted by Gasteiger charge is 2.18. The van der Waals surface area contributed by atoms with Crippen LogP contribution < -0.4 is 5.32 Å². The van der Waals surface area contributed by atoms with Crippen molar-refractivity contribution in [2.45, 2.75) is 32.2 Å². The normalized spacial score (nSPS) is 12.8. The van der Waals surface area contributed by atoms with Gasteiger partial charge in [-0.3, -0.25) is 4.79 Å². The zero-order valence-corrected chi connectivity index (χ0v) is 9.49. The quantitative estimate of drug-likeness (QED) is 0.551. The van der Waals surface area contributed by atoms with Crippen LogP contribution in [-0.4, -0.2) is 39.2 Å². The van der Waals surface area contributed by atoms with Crippen LogP contribution in [0.2, 0.25) is 5.82 Å². The third kappa shape index (κ3) is 6.82. The summed E-state index contributed by atoms with van der Waals surface area (Å²) in [6.07, 6.45) is -0.609. The van der Waals surface area contributed by atoms with Crippen molar-refractivity contribution in [2.75, 3.05) is 13.7 Å². The van der Waals surface area contributed by atoms with Gasteiger partial charge in [0, 0.05) is 12.4 Å². The lowest BCUT2D eigenvalue weighted by Gasteiger charge is -2.20. The summed E-state index contributed by atoms with van der Waals surface area (Å²) in [7, 11) is 6.63. The first-order chi connectivity index (χ1) is 6.76. The van der Waals surface area contributed by atoms with Gasteiger partial charge in [-0.15, -0.1) is 0 Å². The van der Waals surface area contributed by atoms with E-state index in [1.165, 1.54) is 7.11 Å². The lowest BCUT2D eigenvalue weighted by molar-refractivity contribution is -0.140. The maximum absolute atomic E-state index is 11.1. The summed E-state index contributed by atoms with van der Waals surface area (Å²) < 4.78 is 9.33. The average molecular weight is 213 g/mol. The number of esters is 1. The van der Waals surface area contributed by atoms with Crippen LogP contribution in [0.25, 0.3) is 0 Å². The largest absolute Gasteiger partial charge is 0.469 e. The van der Waals surface area contributed by atoms with Crippen LogP contribution in [0.4, 0.5) is 4.79 Å². The third-order valence-electron chi connectivity index (χ3n) is 1.37. The van der Waals surface area contributed by atoms with Crippen molar-refractivity contribution < 1.29 is 19.1 Å². The van der Waals surface area contributed by atoms with E-state index < -0.39 is 23.5 Å². The minimum Gasteiger partial charge on any atom is -0.469 e. The molecule has 1 unspecified atom stereocenters. The number of hydrogen-bond donors (Lipinski definition) is 1. The van der Waals surface area contributed by atoms with E-state index >= 15 is 0 Å². The highest BCUT2D eigenvalue weighted by atomic mass is 16.6. The van der Waals surface area contributed by atoms with Gasteiger partial charge in [-0.25, -0.2) is 4.79 Å². The Labute approximate surface area is 90.9 Å². The summed E-state index contributed by atoms with van der Waals surface area (Å²) in [6.45, 7) is 5.22. The molecule has 0 aromatic carbocycles. The van der Waals surface area contributed by atoms with Gasteiger partial charge < -0.3 is 14.8 Å². The molecule has 1 N–H and O–H groups in total. The molecule has 0 saturated heterocycles. The van der Waals surface area contributed by atoms with E-state index in [-0.39, 0.29) is 6.54 Å². The van der Waals surface area contributed by atoms with Gasteiger partial charge in [-0.1, -0.05) is 0 Å². The summed E-state index contributed by atoms with van der Waals surface area (Å²) in [6, 6.07) is 0. The second kappa shape index (κ2) is 5.63. The van der Waals surface area contributed by atoms with Gasteiger partial charge in [0.25, 0.3) is 0 Å². The van der Waals surface area contributed by atoms with Gasteiger partial charge in [-0.2, -0.15) is 0 Å². The molecule has 0 bridgehead atoms. The maximum atomic E-state index is 11.1. The fourth-order valence-corrected chi connectivity index (χ4v) is 0.742. The lowest BCUT2D eigenvalue weighted by atomic mass is 9.88. The number of carbonyl (C=O) groups is 2. The van der Waals surface area contributed by atoms with Gasteiger partial charge in [0.2, 0.25) is 0 Å². The van der Waals surface area contributed by atoms with E-state index in [1.807, 2.05) is 0 Å². The van der Waals surface area contributed by atoms with E-state index in [0.717, 1.165) is 0 Å². The molecule has 0 aliphatic rings. The Morgan fingerprint density at radius 2 is 1.93 bits per heavy atom. The van der Waals surface area contributed by atoms with Crippen LogP contribution in [-0.2, 0) is 14.3 Å². The molecule has 5 nitrogen and oxygen atoms in total. The fraction of sp³-hybridized carbons (Fsp3) is 0.778. The van der Waals surface area contributed by atoms with E-state index in [2.05, 4.69) is 10.1 Å². The third-order valence-corrected chi connectivity index (χ3v) is 1.37. The van der Waals surface area contributed by atoms with Crippen LogP contribution in [0.3, 0.4) is 0 Å². The van der Waals surface area contributed by atoms with Gasteiger partial charge in [0.15, 0.2) is 0 Å². The molecule has 2 radical (unpaired) electrons. The van der Waals surface area contributed by atoms with E-state index in [0.29, 0.717) is 0 Å². The SMILES string of the molecule is [B]C(CNC(=O)OC(C)(C)C)C(=O)OC. The highest BCUT2D eigenvalue weighted by Crippen LogP contribution is 2.07. The molecule has 6 heteroatoms. The molecule has 0 heterocycles. The Balaban J connectivity index is 3.86. The van der Waals surface area contributed by atoms with E-state index in [9.17, 15) is 9.59 Å². The molecule has 0 aromatic heterocycles. The first-order valence-electron chi connectivity index (χ1n) is 4.56. The summed E-state index contributed by atoms with van der Waals surface area (Å²) in [4.78, 5) is 22.0. The number of carbonyl (C=O) groups excluding carboxylic acids is 2. The van der Waals surface area contributed by atoms with Gasteiger partial charge in [-0.05, 0) is 20.8 Å². The molecule has 84 valence electrons. The Morgan fingerprint density at radius 1 is 1.40 bits per heavy atom. The smallest absolute Gasteiger partial charge is 0.407 e. The first-order valence-corrected chi connectivity index (χ1v) is 4.56. The van der Waals surface area contributed by atoms with Crippen molar-refractivity contribution in [3.05, 3.63) is 0 Å². The van der Waals surface area contributed by atoms with E-state index in [1.54, 1.807) is 20.8 Å². The molecule has 0 spiro atoms. The number of nitrogens with one attached hydrogen (secondary N) is 1. The standard InChI is InChI=1S/C9H16BNO4/c1-9(2,3)15-8(13)11-5-6(10)7(12)14-4/h6H,5H2,1-4H3,(H,11,13). The molecule has 0 fully saturated rings. The fourth-order valence-electron chi connectivity index (χ4n) is 0.742. The van der Waals surface area contributed by atoms with Crippen molar-refractivity contribution in [1.29, 1.82) is 0 Å². The molecule has 0 rings (SSSR count). The number of methoxy groups -OCH3 is 1. The molecule has 0 aliphatic carbocycles. The van der Waals surface area contributed by atoms with Crippen LogP contribution in [0.5, 0.6) is 0 Å². The number of amides is 1. The van der Waals surface area contributed by atoms with Gasteiger partial charge >= 0.3 is 12.1 Å². The number of rotatable bonds is 3. The van der Waals surface area contributed by atoms with E-state index in [4.69, 9.17) is 12.6 Å². The molecule has 0 aromatic rings. The van der Waals surface area contributed by atoms with Crippen molar-refractivity contribution >= 4 is 19.9 Å². The van der Waals surface area contributed by atoms with Crippen LogP contribution >= 0.6 is 0 Å². The molecule has 15 heavy (non-hydrogen) atoms. The van der Waals surface area contributed by atoms with Crippen LogP contribution in [0, 0.1) is 0 Å². The number of alkyl carbamates (subject to hydrolysis) is 1. The van der Waals surface area contributed by atoms with Gasteiger partial charge in [0.05, 0.1) is 15.0 Å². The summed E-state index contributed by atoms with van der Waals surface area (Å²) in [5.41, 5.74) is -0.570. The molecular weight excluding hydrogens is 197 g/mol. The Bertz CT molecular complexity index is 237.